The van der Waals surface area contributed by atoms with Gasteiger partial charge in [-0.1, -0.05) is 30.3 Å². The average Bonchev–Trinajstić information content (AvgIpc) is 2.65. The third-order valence-corrected chi connectivity index (χ3v) is 5.21. The number of aliphatic carboxylic acids is 1. The van der Waals surface area contributed by atoms with Crippen molar-refractivity contribution in [2.24, 2.45) is 0 Å². The predicted octanol–water partition coefficient (Wildman–Crippen LogP) is 4.49. The largest absolute Gasteiger partial charge is 0.479 e. The number of non-ortho nitro benzene ring substituents is 1. The maximum absolute atomic E-state index is 14.1. The lowest BCUT2D eigenvalue weighted by atomic mass is 9.81. The topological polar surface area (TPSA) is 83.7 Å². The van der Waals surface area contributed by atoms with Crippen LogP contribution in [0.4, 0.5) is 24.5 Å². The van der Waals surface area contributed by atoms with E-state index in [9.17, 15) is 33.2 Å². The quantitative estimate of drug-likeness (QED) is 0.610. The van der Waals surface area contributed by atoms with Gasteiger partial charge in [0.1, 0.15) is 0 Å². The highest BCUT2D eigenvalue weighted by Crippen LogP contribution is 2.50. The van der Waals surface area contributed by atoms with E-state index in [1.54, 1.807) is 18.2 Å². The molecule has 0 radical (unpaired) electrons. The smallest absolute Gasteiger partial charge is 0.422 e. The summed E-state index contributed by atoms with van der Waals surface area (Å²) in [7, 11) is 0. The number of nitro benzene ring substituents is 1. The van der Waals surface area contributed by atoms with Crippen molar-refractivity contribution in [2.45, 2.75) is 37.5 Å². The molecule has 1 aliphatic heterocycles. The van der Waals surface area contributed by atoms with E-state index in [0.29, 0.717) is 11.1 Å². The van der Waals surface area contributed by atoms with Gasteiger partial charge < -0.3 is 10.0 Å². The van der Waals surface area contributed by atoms with E-state index < -0.39 is 35.1 Å². The number of anilines is 1. The second-order valence-electron chi connectivity index (χ2n) is 6.69. The fourth-order valence-corrected chi connectivity index (χ4v) is 3.77. The van der Waals surface area contributed by atoms with Crippen LogP contribution in [0.2, 0.25) is 0 Å². The van der Waals surface area contributed by atoms with Crippen molar-refractivity contribution in [2.75, 3.05) is 4.90 Å². The molecule has 0 saturated heterocycles. The maximum atomic E-state index is 14.1. The lowest BCUT2D eigenvalue weighted by Crippen LogP contribution is -2.66. The van der Waals surface area contributed by atoms with Crippen LogP contribution in [0, 0.1) is 10.1 Å². The SMILES string of the molecule is CC(c1ccc([N+](=O)[O-])cc1)N1c2ccccc2CCC1(C(=O)O)C(F)(F)F. The van der Waals surface area contributed by atoms with Crippen molar-refractivity contribution in [3.05, 3.63) is 69.8 Å². The minimum absolute atomic E-state index is 0.0224. The summed E-state index contributed by atoms with van der Waals surface area (Å²) in [4.78, 5) is 23.1. The van der Waals surface area contributed by atoms with Crippen LogP contribution in [-0.2, 0) is 11.2 Å². The molecule has 3 rings (SSSR count). The van der Waals surface area contributed by atoms with Gasteiger partial charge in [0.15, 0.2) is 0 Å². The number of hydrogen-bond donors (Lipinski definition) is 1. The van der Waals surface area contributed by atoms with Crippen LogP contribution in [0.1, 0.15) is 30.5 Å². The standard InChI is InChI=1S/C19H17F3N2O4/c1-12(13-6-8-15(9-7-13)24(27)28)23-16-5-3-2-4-14(16)10-11-18(23,17(25)26)19(20,21)22/h2-9,12H,10-11H2,1H3,(H,25,26). The molecule has 9 heteroatoms. The van der Waals surface area contributed by atoms with Crippen LogP contribution in [0.15, 0.2) is 48.5 Å². The number of benzene rings is 2. The van der Waals surface area contributed by atoms with Crippen LogP contribution < -0.4 is 4.90 Å². The number of hydrogen-bond acceptors (Lipinski definition) is 4. The highest BCUT2D eigenvalue weighted by Gasteiger charge is 2.66. The van der Waals surface area contributed by atoms with E-state index in [4.69, 9.17) is 0 Å². The third-order valence-electron chi connectivity index (χ3n) is 5.21. The molecule has 6 nitrogen and oxygen atoms in total. The summed E-state index contributed by atoms with van der Waals surface area (Å²) in [5, 5.41) is 20.5. The normalized spacial score (nSPS) is 20.4. The molecular formula is C19H17F3N2O4. The first-order valence-electron chi connectivity index (χ1n) is 8.51. The number of carbonyl (C=O) groups is 1. The number of rotatable bonds is 4. The van der Waals surface area contributed by atoms with Crippen molar-refractivity contribution in [3.63, 3.8) is 0 Å². The first-order valence-corrected chi connectivity index (χ1v) is 8.51. The highest BCUT2D eigenvalue weighted by atomic mass is 19.4. The van der Waals surface area contributed by atoms with E-state index in [0.717, 1.165) is 4.90 Å². The van der Waals surface area contributed by atoms with Crippen LogP contribution in [0.3, 0.4) is 0 Å². The maximum Gasteiger partial charge on any atom is 0.422 e. The number of aryl methyl sites for hydroxylation is 1. The fraction of sp³-hybridized carbons (Fsp3) is 0.316. The Balaban J connectivity index is 2.18. The number of fused-ring (bicyclic) bond motifs is 1. The Bertz CT molecular complexity index is 914. The lowest BCUT2D eigenvalue weighted by Gasteiger charge is -2.49. The van der Waals surface area contributed by atoms with Crippen molar-refractivity contribution < 1.29 is 28.0 Å². The molecule has 2 unspecified atom stereocenters. The molecule has 0 amide bonds. The number of carboxylic acids is 1. The Morgan fingerprint density at radius 1 is 1.21 bits per heavy atom. The Kier molecular flexibility index (Phi) is 4.78. The highest BCUT2D eigenvalue weighted by molar-refractivity contribution is 5.87. The number of carboxylic acid groups (broad SMARTS) is 1. The predicted molar refractivity (Wildman–Crippen MR) is 95.2 cm³/mol. The van der Waals surface area contributed by atoms with Gasteiger partial charge in [0, 0.05) is 17.8 Å². The Labute approximate surface area is 158 Å². The Morgan fingerprint density at radius 3 is 2.36 bits per heavy atom. The van der Waals surface area contributed by atoms with E-state index in [2.05, 4.69) is 0 Å². The molecule has 0 spiro atoms. The summed E-state index contributed by atoms with van der Waals surface area (Å²) >= 11 is 0. The molecule has 1 aliphatic rings. The van der Waals surface area contributed by atoms with Gasteiger partial charge in [-0.2, -0.15) is 13.2 Å². The molecule has 2 atom stereocenters. The van der Waals surface area contributed by atoms with Gasteiger partial charge in [-0.3, -0.25) is 10.1 Å². The fourth-order valence-electron chi connectivity index (χ4n) is 3.77. The molecule has 0 bridgehead atoms. The minimum Gasteiger partial charge on any atom is -0.479 e. The van der Waals surface area contributed by atoms with Crippen molar-refractivity contribution in [1.29, 1.82) is 0 Å². The first kappa shape index (κ1) is 19.7. The van der Waals surface area contributed by atoms with Crippen molar-refractivity contribution >= 4 is 17.3 Å². The van der Waals surface area contributed by atoms with Gasteiger partial charge in [0.25, 0.3) is 5.69 Å². The van der Waals surface area contributed by atoms with Gasteiger partial charge in [-0.15, -0.1) is 0 Å². The van der Waals surface area contributed by atoms with Crippen LogP contribution >= 0.6 is 0 Å². The van der Waals surface area contributed by atoms with Crippen LogP contribution in [0.25, 0.3) is 0 Å². The van der Waals surface area contributed by atoms with Crippen LogP contribution in [0.5, 0.6) is 0 Å². The summed E-state index contributed by atoms with van der Waals surface area (Å²) in [5.74, 6) is -1.97. The molecule has 1 heterocycles. The second kappa shape index (κ2) is 6.81. The molecule has 2 aromatic rings. The second-order valence-corrected chi connectivity index (χ2v) is 6.69. The van der Waals surface area contributed by atoms with Gasteiger partial charge in [-0.05, 0) is 37.0 Å². The lowest BCUT2D eigenvalue weighted by molar-refractivity contribution is -0.384. The molecule has 148 valence electrons. The molecule has 0 fully saturated rings. The van der Waals surface area contributed by atoms with E-state index in [1.165, 1.54) is 37.3 Å². The van der Waals surface area contributed by atoms with E-state index in [-0.39, 0.29) is 17.8 Å². The number of nitrogens with zero attached hydrogens (tertiary/aromatic N) is 2. The molecule has 28 heavy (non-hydrogen) atoms. The zero-order valence-electron chi connectivity index (χ0n) is 14.8. The van der Waals surface area contributed by atoms with Gasteiger partial charge in [0.05, 0.1) is 11.0 Å². The number of para-hydroxylation sites is 1. The zero-order valence-corrected chi connectivity index (χ0v) is 14.8. The Morgan fingerprint density at radius 2 is 1.82 bits per heavy atom. The third kappa shape index (κ3) is 2.96. The zero-order chi connectivity index (χ0) is 20.7. The summed E-state index contributed by atoms with van der Waals surface area (Å²) in [6.45, 7) is 1.46. The number of alkyl halides is 3. The van der Waals surface area contributed by atoms with Gasteiger partial charge in [-0.25, -0.2) is 4.79 Å². The number of nitro groups is 1. The molecule has 0 aromatic heterocycles. The first-order chi connectivity index (χ1) is 13.1. The monoisotopic (exact) mass is 394 g/mol. The van der Waals surface area contributed by atoms with Crippen molar-refractivity contribution in [1.82, 2.24) is 0 Å². The molecule has 2 aromatic carbocycles. The van der Waals surface area contributed by atoms with Gasteiger partial charge in [0.2, 0.25) is 5.54 Å². The van der Waals surface area contributed by atoms with Crippen molar-refractivity contribution in [3.8, 4) is 0 Å². The summed E-state index contributed by atoms with van der Waals surface area (Å²) < 4.78 is 42.4. The molecule has 0 aliphatic carbocycles. The summed E-state index contributed by atoms with van der Waals surface area (Å²) in [6.07, 6.45) is -5.67. The number of halogens is 3. The summed E-state index contributed by atoms with van der Waals surface area (Å²) in [6, 6.07) is 10.5. The molecular weight excluding hydrogens is 377 g/mol. The van der Waals surface area contributed by atoms with Crippen LogP contribution in [-0.4, -0.2) is 27.7 Å². The van der Waals surface area contributed by atoms with E-state index >= 15 is 0 Å². The minimum atomic E-state index is -5.03. The van der Waals surface area contributed by atoms with Gasteiger partial charge >= 0.3 is 12.1 Å². The Hall–Kier alpha value is -3.10. The van der Waals surface area contributed by atoms with E-state index in [1.807, 2.05) is 0 Å². The summed E-state index contributed by atoms with van der Waals surface area (Å²) in [5.41, 5.74) is -2.13. The molecule has 1 N–H and O–H groups in total. The average molecular weight is 394 g/mol. The molecule has 0 saturated carbocycles.